The fraction of sp³-hybridized carbons (Fsp3) is 0.297. The number of sulfonamides is 1. The number of hydrogen-bond donors (Lipinski definition) is 1. The summed E-state index contributed by atoms with van der Waals surface area (Å²) in [5.41, 5.74) is 2.92. The van der Waals surface area contributed by atoms with Crippen LogP contribution >= 0.6 is 0 Å². The van der Waals surface area contributed by atoms with Crippen molar-refractivity contribution in [3.63, 3.8) is 0 Å². The third kappa shape index (κ3) is 8.92. The van der Waals surface area contributed by atoms with Crippen LogP contribution < -0.4 is 19.1 Å². The topological polar surface area (TPSA) is 105 Å². The van der Waals surface area contributed by atoms with Crippen molar-refractivity contribution in [3.05, 3.63) is 120 Å². The average Bonchev–Trinajstić information content (AvgIpc) is 3.09. The lowest BCUT2D eigenvalue weighted by molar-refractivity contribution is -0.140. The number of carbonyl (C=O) groups excluding carboxylic acids is 2. The van der Waals surface area contributed by atoms with Gasteiger partial charge in [-0.15, -0.1) is 0 Å². The molecule has 0 bridgehead atoms. The van der Waals surface area contributed by atoms with Crippen LogP contribution in [0, 0.1) is 6.92 Å². The Labute approximate surface area is 278 Å². The lowest BCUT2D eigenvalue weighted by Crippen LogP contribution is -2.54. The number of hydrogen-bond acceptors (Lipinski definition) is 6. The number of amides is 2. The molecule has 0 fully saturated rings. The molecule has 2 atom stereocenters. The zero-order valence-corrected chi connectivity index (χ0v) is 28.4. The van der Waals surface area contributed by atoms with Crippen LogP contribution in [0.4, 0.5) is 5.69 Å². The first-order valence-corrected chi connectivity index (χ1v) is 17.0. The molecule has 9 nitrogen and oxygen atoms in total. The Morgan fingerprint density at radius 3 is 2.06 bits per heavy atom. The fourth-order valence-electron chi connectivity index (χ4n) is 5.11. The lowest BCUT2D eigenvalue weighted by atomic mass is 10.0. The maximum Gasteiger partial charge on any atom is 0.264 e. The second kappa shape index (κ2) is 16.1. The fourth-order valence-corrected chi connectivity index (χ4v) is 6.53. The Balaban J connectivity index is 1.83. The molecule has 4 aromatic rings. The van der Waals surface area contributed by atoms with Crippen LogP contribution in [-0.2, 0) is 32.6 Å². The van der Waals surface area contributed by atoms with Crippen LogP contribution in [0.25, 0.3) is 0 Å². The molecule has 248 valence electrons. The molecule has 47 heavy (non-hydrogen) atoms. The Hall–Kier alpha value is -4.83. The van der Waals surface area contributed by atoms with E-state index in [1.54, 1.807) is 36.4 Å². The van der Waals surface area contributed by atoms with Gasteiger partial charge in [0, 0.05) is 19.0 Å². The van der Waals surface area contributed by atoms with Gasteiger partial charge in [0.05, 0.1) is 24.8 Å². The molecule has 2 amide bonds. The Bertz CT molecular complexity index is 1730. The summed E-state index contributed by atoms with van der Waals surface area (Å²) in [5, 5.41) is 3.05. The summed E-state index contributed by atoms with van der Waals surface area (Å²) in [6.45, 7) is 5.37. The van der Waals surface area contributed by atoms with E-state index in [1.807, 2.05) is 75.4 Å². The van der Waals surface area contributed by atoms with E-state index < -0.39 is 28.5 Å². The SMILES string of the molecule is CC[C@@H](C)NC(=O)[C@H](Cc1ccccc1)N(Cc1ccc(C)cc1)C(=O)CN(c1ccccc1OC)S(=O)(=O)c1ccc(OC)cc1. The molecule has 0 aliphatic heterocycles. The maximum atomic E-state index is 14.6. The molecule has 0 heterocycles. The van der Waals surface area contributed by atoms with E-state index >= 15 is 0 Å². The van der Waals surface area contributed by atoms with Crippen LogP contribution in [-0.4, -0.2) is 58.0 Å². The minimum Gasteiger partial charge on any atom is -0.497 e. The zero-order valence-electron chi connectivity index (χ0n) is 27.6. The van der Waals surface area contributed by atoms with Gasteiger partial charge in [-0.05, 0) is 67.8 Å². The number of carbonyl (C=O) groups is 2. The summed E-state index contributed by atoms with van der Waals surface area (Å²) in [7, 11) is -1.36. The summed E-state index contributed by atoms with van der Waals surface area (Å²) in [6, 6.07) is 28.7. The Kier molecular flexibility index (Phi) is 12.0. The number of para-hydroxylation sites is 2. The molecule has 0 radical (unpaired) electrons. The van der Waals surface area contributed by atoms with Gasteiger partial charge in [-0.1, -0.05) is 79.2 Å². The molecule has 4 rings (SSSR count). The summed E-state index contributed by atoms with van der Waals surface area (Å²) >= 11 is 0. The summed E-state index contributed by atoms with van der Waals surface area (Å²) in [5.74, 6) is -0.0960. The molecule has 0 saturated carbocycles. The van der Waals surface area contributed by atoms with E-state index in [0.717, 1.165) is 21.0 Å². The molecular weight excluding hydrogens is 614 g/mol. The first kappa shape index (κ1) is 35.0. The third-order valence-corrected chi connectivity index (χ3v) is 9.80. The number of anilines is 1. The average molecular weight is 658 g/mol. The van der Waals surface area contributed by atoms with Crippen molar-refractivity contribution in [2.45, 2.75) is 57.1 Å². The van der Waals surface area contributed by atoms with Gasteiger partial charge in [-0.25, -0.2) is 8.42 Å². The number of nitrogens with zero attached hydrogens (tertiary/aromatic N) is 2. The largest absolute Gasteiger partial charge is 0.497 e. The van der Waals surface area contributed by atoms with Gasteiger partial charge in [-0.2, -0.15) is 0 Å². The van der Waals surface area contributed by atoms with Crippen molar-refractivity contribution in [1.82, 2.24) is 10.2 Å². The minimum absolute atomic E-state index is 0.0301. The third-order valence-electron chi connectivity index (χ3n) is 8.03. The van der Waals surface area contributed by atoms with Gasteiger partial charge in [0.2, 0.25) is 11.8 Å². The first-order chi connectivity index (χ1) is 22.6. The molecule has 1 N–H and O–H groups in total. The summed E-state index contributed by atoms with van der Waals surface area (Å²) in [4.78, 5) is 30.1. The van der Waals surface area contributed by atoms with Crippen molar-refractivity contribution >= 4 is 27.5 Å². The minimum atomic E-state index is -4.30. The van der Waals surface area contributed by atoms with Crippen LogP contribution in [0.1, 0.15) is 37.0 Å². The van der Waals surface area contributed by atoms with Gasteiger partial charge in [-0.3, -0.25) is 13.9 Å². The number of aryl methyl sites for hydroxylation is 1. The molecule has 0 saturated heterocycles. The summed E-state index contributed by atoms with van der Waals surface area (Å²) in [6.07, 6.45) is 0.942. The number of ether oxygens (including phenoxy) is 2. The highest BCUT2D eigenvalue weighted by Crippen LogP contribution is 2.33. The van der Waals surface area contributed by atoms with Crippen molar-refractivity contribution in [2.75, 3.05) is 25.1 Å². The first-order valence-electron chi connectivity index (χ1n) is 15.6. The van der Waals surface area contributed by atoms with Crippen molar-refractivity contribution < 1.29 is 27.5 Å². The number of benzene rings is 4. The second-order valence-electron chi connectivity index (χ2n) is 11.4. The number of methoxy groups -OCH3 is 2. The van der Waals surface area contributed by atoms with Gasteiger partial charge in [0.25, 0.3) is 10.0 Å². The van der Waals surface area contributed by atoms with Crippen molar-refractivity contribution in [3.8, 4) is 11.5 Å². The molecule has 4 aromatic carbocycles. The molecular formula is C37H43N3O6S. The van der Waals surface area contributed by atoms with Gasteiger partial charge in [0.15, 0.2) is 0 Å². The highest BCUT2D eigenvalue weighted by molar-refractivity contribution is 7.92. The number of rotatable bonds is 15. The van der Waals surface area contributed by atoms with Gasteiger partial charge in [0.1, 0.15) is 24.1 Å². The van der Waals surface area contributed by atoms with E-state index in [2.05, 4.69) is 5.32 Å². The van der Waals surface area contributed by atoms with Crippen molar-refractivity contribution in [2.24, 2.45) is 0 Å². The highest BCUT2D eigenvalue weighted by Gasteiger charge is 2.35. The predicted molar refractivity (Wildman–Crippen MR) is 184 cm³/mol. The van der Waals surface area contributed by atoms with Crippen LogP contribution in [0.5, 0.6) is 11.5 Å². The normalized spacial score (nSPS) is 12.4. The lowest BCUT2D eigenvalue weighted by Gasteiger charge is -2.34. The highest BCUT2D eigenvalue weighted by atomic mass is 32.2. The molecule has 0 aliphatic carbocycles. The Morgan fingerprint density at radius 2 is 1.45 bits per heavy atom. The predicted octanol–water partition coefficient (Wildman–Crippen LogP) is 5.76. The van der Waals surface area contributed by atoms with Crippen LogP contribution in [0.15, 0.2) is 108 Å². The molecule has 0 spiro atoms. The van der Waals surface area contributed by atoms with Crippen LogP contribution in [0.2, 0.25) is 0 Å². The van der Waals surface area contributed by atoms with E-state index in [-0.39, 0.29) is 41.2 Å². The van der Waals surface area contributed by atoms with E-state index in [1.165, 1.54) is 31.3 Å². The van der Waals surface area contributed by atoms with Crippen molar-refractivity contribution in [1.29, 1.82) is 0 Å². The maximum absolute atomic E-state index is 14.6. The quantitative estimate of drug-likeness (QED) is 0.174. The molecule has 0 aromatic heterocycles. The summed E-state index contributed by atoms with van der Waals surface area (Å²) < 4.78 is 40.4. The molecule has 0 unspecified atom stereocenters. The second-order valence-corrected chi connectivity index (χ2v) is 13.3. The van der Waals surface area contributed by atoms with E-state index in [0.29, 0.717) is 12.2 Å². The van der Waals surface area contributed by atoms with Gasteiger partial charge >= 0.3 is 0 Å². The standard InChI is InChI=1S/C37H43N3O6S/c1-6-28(3)38-37(42)34(24-29-12-8-7-9-13-29)39(25-30-18-16-27(2)17-19-30)36(41)26-40(33-14-10-11-15-35(33)46-5)47(43,44)32-22-20-31(45-4)21-23-32/h7-23,28,34H,6,24-26H2,1-5H3,(H,38,42)/t28-,34+/m1/s1. The number of nitrogens with one attached hydrogen (secondary N) is 1. The van der Waals surface area contributed by atoms with E-state index in [4.69, 9.17) is 9.47 Å². The molecule has 10 heteroatoms. The van der Waals surface area contributed by atoms with Gasteiger partial charge < -0.3 is 19.7 Å². The van der Waals surface area contributed by atoms with E-state index in [9.17, 15) is 18.0 Å². The Morgan fingerprint density at radius 1 is 0.809 bits per heavy atom. The monoisotopic (exact) mass is 657 g/mol. The smallest absolute Gasteiger partial charge is 0.264 e. The zero-order chi connectivity index (χ0) is 34.0. The van der Waals surface area contributed by atoms with Crippen LogP contribution in [0.3, 0.4) is 0 Å². The molecule has 0 aliphatic rings.